The normalized spacial score (nSPS) is 11.6. The molecular formula is C17H25ClN4O. The van der Waals surface area contributed by atoms with Gasteiger partial charge in [0.05, 0.1) is 18.3 Å². The van der Waals surface area contributed by atoms with Gasteiger partial charge in [-0.05, 0) is 24.1 Å². The molecule has 0 saturated carbocycles. The van der Waals surface area contributed by atoms with Gasteiger partial charge in [-0.1, -0.05) is 38.0 Å². The van der Waals surface area contributed by atoms with Crippen molar-refractivity contribution in [3.8, 4) is 5.69 Å². The third kappa shape index (κ3) is 6.04. The van der Waals surface area contributed by atoms with E-state index in [2.05, 4.69) is 17.3 Å². The number of carbonyl (C=O) groups is 1. The van der Waals surface area contributed by atoms with Crippen LogP contribution in [0.15, 0.2) is 42.7 Å². The highest BCUT2D eigenvalue weighted by molar-refractivity contribution is 5.85. The van der Waals surface area contributed by atoms with Gasteiger partial charge in [-0.25, -0.2) is 4.68 Å². The average Bonchev–Trinajstić information content (AvgIpc) is 3.00. The summed E-state index contributed by atoms with van der Waals surface area (Å²) in [5.74, 6) is -0.000773. The summed E-state index contributed by atoms with van der Waals surface area (Å²) in [6.45, 7) is 2.61. The van der Waals surface area contributed by atoms with Crippen LogP contribution in [0.5, 0.6) is 0 Å². The van der Waals surface area contributed by atoms with Crippen molar-refractivity contribution in [3.63, 3.8) is 0 Å². The Morgan fingerprint density at radius 2 is 2.09 bits per heavy atom. The van der Waals surface area contributed by atoms with Crippen molar-refractivity contribution >= 4 is 18.3 Å². The minimum atomic E-state index is -0.000773. The van der Waals surface area contributed by atoms with E-state index in [1.165, 1.54) is 0 Å². The molecule has 1 amide bonds. The average molecular weight is 337 g/mol. The van der Waals surface area contributed by atoms with Crippen LogP contribution in [0, 0.1) is 0 Å². The lowest BCUT2D eigenvalue weighted by molar-refractivity contribution is -0.121. The first kappa shape index (κ1) is 19.2. The third-order valence-corrected chi connectivity index (χ3v) is 3.58. The molecule has 0 radical (unpaired) electrons. The number of nitrogens with two attached hydrogens (primary N) is 1. The molecule has 0 aliphatic heterocycles. The summed E-state index contributed by atoms with van der Waals surface area (Å²) in [6, 6.07) is 9.91. The zero-order chi connectivity index (χ0) is 15.8. The molecule has 1 unspecified atom stereocenters. The molecule has 0 fully saturated rings. The van der Waals surface area contributed by atoms with E-state index < -0.39 is 0 Å². The van der Waals surface area contributed by atoms with E-state index in [4.69, 9.17) is 5.73 Å². The van der Waals surface area contributed by atoms with Gasteiger partial charge >= 0.3 is 0 Å². The fraction of sp³-hybridized carbons (Fsp3) is 0.412. The Morgan fingerprint density at radius 1 is 1.35 bits per heavy atom. The summed E-state index contributed by atoms with van der Waals surface area (Å²) >= 11 is 0. The number of carbonyl (C=O) groups excluding carboxylic acids is 1. The highest BCUT2D eigenvalue weighted by atomic mass is 35.5. The topological polar surface area (TPSA) is 72.9 Å². The van der Waals surface area contributed by atoms with Crippen LogP contribution < -0.4 is 11.1 Å². The van der Waals surface area contributed by atoms with Crippen molar-refractivity contribution in [1.29, 1.82) is 0 Å². The van der Waals surface area contributed by atoms with E-state index in [1.807, 2.05) is 36.5 Å². The molecule has 0 aliphatic carbocycles. The molecule has 3 N–H and O–H groups in total. The molecule has 6 heteroatoms. The quantitative estimate of drug-likeness (QED) is 0.777. The number of nitrogens with one attached hydrogen (secondary N) is 1. The van der Waals surface area contributed by atoms with Crippen molar-refractivity contribution in [2.75, 3.05) is 6.54 Å². The predicted molar refractivity (Wildman–Crippen MR) is 95.0 cm³/mol. The maximum absolute atomic E-state index is 12.1. The largest absolute Gasteiger partial charge is 0.352 e. The lowest BCUT2D eigenvalue weighted by atomic mass is 10.1. The highest BCUT2D eigenvalue weighted by Gasteiger charge is 2.12. The van der Waals surface area contributed by atoms with Crippen molar-refractivity contribution in [3.05, 3.63) is 48.3 Å². The van der Waals surface area contributed by atoms with Crippen LogP contribution in [0.3, 0.4) is 0 Å². The monoisotopic (exact) mass is 336 g/mol. The highest BCUT2D eigenvalue weighted by Crippen LogP contribution is 2.08. The lowest BCUT2D eigenvalue weighted by Gasteiger charge is -2.16. The van der Waals surface area contributed by atoms with Crippen molar-refractivity contribution in [1.82, 2.24) is 15.1 Å². The first-order chi connectivity index (χ1) is 10.7. The van der Waals surface area contributed by atoms with Crippen molar-refractivity contribution < 1.29 is 4.79 Å². The fourth-order valence-corrected chi connectivity index (χ4v) is 2.34. The minimum Gasteiger partial charge on any atom is -0.352 e. The van der Waals surface area contributed by atoms with Crippen molar-refractivity contribution in [2.45, 2.75) is 38.6 Å². The summed E-state index contributed by atoms with van der Waals surface area (Å²) in [4.78, 5) is 12.1. The Hall–Kier alpha value is -1.85. The molecule has 0 aliphatic rings. The number of benzene rings is 1. The van der Waals surface area contributed by atoms with Gasteiger partial charge in [-0.2, -0.15) is 5.10 Å². The SMILES string of the molecule is CCCCC(CN)NC(=O)Cc1cnn(-c2ccccc2)c1.Cl. The van der Waals surface area contributed by atoms with E-state index in [9.17, 15) is 4.79 Å². The van der Waals surface area contributed by atoms with Crippen LogP contribution in [0.25, 0.3) is 5.69 Å². The summed E-state index contributed by atoms with van der Waals surface area (Å²) < 4.78 is 1.78. The summed E-state index contributed by atoms with van der Waals surface area (Å²) in [5.41, 5.74) is 7.58. The number of hydrogen-bond donors (Lipinski definition) is 2. The first-order valence-electron chi connectivity index (χ1n) is 7.81. The summed E-state index contributed by atoms with van der Waals surface area (Å²) in [6.07, 6.45) is 7.07. The zero-order valence-electron chi connectivity index (χ0n) is 13.4. The van der Waals surface area contributed by atoms with E-state index in [0.717, 1.165) is 30.5 Å². The Bertz CT molecular complexity index is 585. The van der Waals surface area contributed by atoms with Gasteiger partial charge in [0, 0.05) is 18.8 Å². The van der Waals surface area contributed by atoms with Crippen LogP contribution >= 0.6 is 12.4 Å². The van der Waals surface area contributed by atoms with E-state index in [1.54, 1.807) is 10.9 Å². The summed E-state index contributed by atoms with van der Waals surface area (Å²) in [7, 11) is 0. The standard InChI is InChI=1S/C17H24N4O.ClH/c1-2-3-7-15(11-18)20-17(22)10-14-12-19-21(13-14)16-8-5-4-6-9-16;/h4-6,8-9,12-13,15H,2-3,7,10-11,18H2,1H3,(H,20,22);1H. The molecule has 2 rings (SSSR count). The molecule has 1 atom stereocenters. The zero-order valence-corrected chi connectivity index (χ0v) is 14.3. The van der Waals surface area contributed by atoms with Crippen LogP contribution in [0.4, 0.5) is 0 Å². The van der Waals surface area contributed by atoms with Crippen LogP contribution in [-0.4, -0.2) is 28.3 Å². The summed E-state index contributed by atoms with van der Waals surface area (Å²) in [5, 5.41) is 7.30. The number of halogens is 1. The molecule has 126 valence electrons. The van der Waals surface area contributed by atoms with Gasteiger partial charge in [0.1, 0.15) is 0 Å². The van der Waals surface area contributed by atoms with Crippen molar-refractivity contribution in [2.24, 2.45) is 5.73 Å². The first-order valence-corrected chi connectivity index (χ1v) is 7.81. The number of aromatic nitrogens is 2. The molecular weight excluding hydrogens is 312 g/mol. The van der Waals surface area contributed by atoms with E-state index >= 15 is 0 Å². The fourth-order valence-electron chi connectivity index (χ4n) is 2.34. The molecule has 0 bridgehead atoms. The van der Waals surface area contributed by atoms with Crippen LogP contribution in [-0.2, 0) is 11.2 Å². The third-order valence-electron chi connectivity index (χ3n) is 3.58. The van der Waals surface area contributed by atoms with Gasteiger partial charge < -0.3 is 11.1 Å². The van der Waals surface area contributed by atoms with Gasteiger partial charge in [0.2, 0.25) is 5.91 Å². The molecule has 5 nitrogen and oxygen atoms in total. The Balaban J connectivity index is 0.00000264. The molecule has 0 spiro atoms. The smallest absolute Gasteiger partial charge is 0.224 e. The molecule has 1 aromatic carbocycles. The van der Waals surface area contributed by atoms with E-state index in [0.29, 0.717) is 13.0 Å². The van der Waals surface area contributed by atoms with Gasteiger partial charge in [0.25, 0.3) is 0 Å². The Morgan fingerprint density at radius 3 is 2.74 bits per heavy atom. The van der Waals surface area contributed by atoms with Gasteiger partial charge in [-0.3, -0.25) is 4.79 Å². The van der Waals surface area contributed by atoms with E-state index in [-0.39, 0.29) is 24.4 Å². The van der Waals surface area contributed by atoms with Crippen LogP contribution in [0.2, 0.25) is 0 Å². The lowest BCUT2D eigenvalue weighted by Crippen LogP contribution is -2.40. The number of nitrogens with zero attached hydrogens (tertiary/aromatic N) is 2. The Kier molecular flexibility index (Phi) is 8.37. The number of hydrogen-bond acceptors (Lipinski definition) is 3. The number of para-hydroxylation sites is 1. The minimum absolute atomic E-state index is 0. The maximum atomic E-state index is 12.1. The van der Waals surface area contributed by atoms with Gasteiger partial charge in [-0.15, -0.1) is 12.4 Å². The number of unbranched alkanes of at least 4 members (excludes halogenated alkanes) is 1. The van der Waals surface area contributed by atoms with Crippen LogP contribution in [0.1, 0.15) is 31.7 Å². The predicted octanol–water partition coefficient (Wildman–Crippen LogP) is 2.47. The maximum Gasteiger partial charge on any atom is 0.224 e. The second-order valence-corrected chi connectivity index (χ2v) is 5.45. The molecule has 23 heavy (non-hydrogen) atoms. The molecule has 2 aromatic rings. The molecule has 1 heterocycles. The number of rotatable bonds is 8. The molecule has 1 aromatic heterocycles. The Labute approximate surface area is 143 Å². The number of amides is 1. The second kappa shape index (κ2) is 10.0. The molecule has 0 saturated heterocycles. The second-order valence-electron chi connectivity index (χ2n) is 5.45. The van der Waals surface area contributed by atoms with Gasteiger partial charge in [0.15, 0.2) is 0 Å².